The number of hydrogen-bond acceptors (Lipinski definition) is 8. The molecule has 0 radical (unpaired) electrons. The zero-order valence-corrected chi connectivity index (χ0v) is 23.8. The molecule has 4 heterocycles. The van der Waals surface area contributed by atoms with Gasteiger partial charge in [0.25, 0.3) is 15.6 Å². The van der Waals surface area contributed by atoms with Gasteiger partial charge in [0.1, 0.15) is 33.9 Å². The van der Waals surface area contributed by atoms with Crippen molar-refractivity contribution in [3.05, 3.63) is 95.0 Å². The zero-order chi connectivity index (χ0) is 30.3. The maximum absolute atomic E-state index is 14.2. The predicted molar refractivity (Wildman–Crippen MR) is 162 cm³/mol. The van der Waals surface area contributed by atoms with Gasteiger partial charge in [0.15, 0.2) is 0 Å². The van der Waals surface area contributed by atoms with Crippen molar-refractivity contribution < 1.29 is 17.2 Å². The number of halogens is 2. The summed E-state index contributed by atoms with van der Waals surface area (Å²) in [6.45, 7) is 3.76. The lowest BCUT2D eigenvalue weighted by molar-refractivity contribution is 0.312. The van der Waals surface area contributed by atoms with Crippen LogP contribution in [-0.2, 0) is 10.0 Å². The van der Waals surface area contributed by atoms with E-state index < -0.39 is 32.1 Å². The second kappa shape index (κ2) is 11.1. The number of nitrogens with zero attached hydrogens (tertiary/aromatic N) is 4. The van der Waals surface area contributed by atoms with Crippen LogP contribution < -0.4 is 20.9 Å². The van der Waals surface area contributed by atoms with Gasteiger partial charge in [-0.05, 0) is 61.1 Å². The van der Waals surface area contributed by atoms with Crippen LogP contribution in [0, 0.1) is 11.6 Å². The van der Waals surface area contributed by atoms with E-state index in [9.17, 15) is 22.0 Å². The number of anilines is 3. The second-order valence-electron chi connectivity index (χ2n) is 10.3. The van der Waals surface area contributed by atoms with Gasteiger partial charge in [-0.1, -0.05) is 6.07 Å². The third-order valence-corrected chi connectivity index (χ3v) is 8.79. The third-order valence-electron chi connectivity index (χ3n) is 7.39. The van der Waals surface area contributed by atoms with E-state index in [4.69, 9.17) is 5.73 Å². The maximum atomic E-state index is 14.2. The molecule has 0 amide bonds. The summed E-state index contributed by atoms with van der Waals surface area (Å²) in [5.41, 5.74) is 8.54. The van der Waals surface area contributed by atoms with Crippen molar-refractivity contribution >= 4 is 38.2 Å². The van der Waals surface area contributed by atoms with Crippen molar-refractivity contribution in [2.24, 2.45) is 0 Å². The molecule has 13 heteroatoms. The Hall–Kier alpha value is -4.88. The SMILES string of the molecule is CN1CCN(c2ccc(-c3cc4cc(-c5c[nH]c(=O)c(NS(=O)(=O)c6ccc(F)cc6F)c5)ccc4nc3N)cn2)CC1. The van der Waals surface area contributed by atoms with Gasteiger partial charge in [0.05, 0.1) is 5.52 Å². The van der Waals surface area contributed by atoms with Crippen molar-refractivity contribution in [3.63, 3.8) is 0 Å². The second-order valence-corrected chi connectivity index (χ2v) is 12.0. The predicted octanol–water partition coefficient (Wildman–Crippen LogP) is 4.07. The fourth-order valence-corrected chi connectivity index (χ4v) is 6.10. The van der Waals surface area contributed by atoms with Crippen LogP contribution in [0.4, 0.5) is 26.1 Å². The van der Waals surface area contributed by atoms with Crippen LogP contribution in [0.25, 0.3) is 33.2 Å². The molecule has 1 aliphatic rings. The van der Waals surface area contributed by atoms with E-state index in [0.29, 0.717) is 34.1 Å². The van der Waals surface area contributed by atoms with Gasteiger partial charge >= 0.3 is 0 Å². The van der Waals surface area contributed by atoms with Crippen LogP contribution in [-0.4, -0.2) is 61.5 Å². The molecule has 6 rings (SSSR count). The van der Waals surface area contributed by atoms with Crippen molar-refractivity contribution in [1.82, 2.24) is 19.9 Å². The Balaban J connectivity index is 1.30. The molecule has 3 aromatic heterocycles. The normalized spacial score (nSPS) is 14.3. The molecular weight excluding hydrogens is 576 g/mol. The summed E-state index contributed by atoms with van der Waals surface area (Å²) in [7, 11) is -2.42. The van der Waals surface area contributed by atoms with Crippen LogP contribution in [0.15, 0.2) is 82.7 Å². The molecule has 0 spiro atoms. The lowest BCUT2D eigenvalue weighted by Crippen LogP contribution is -2.44. The summed E-state index contributed by atoms with van der Waals surface area (Å²) in [4.78, 5) is 27.9. The molecule has 1 aliphatic heterocycles. The smallest absolute Gasteiger partial charge is 0.272 e. The first-order chi connectivity index (χ1) is 20.6. The number of fused-ring (bicyclic) bond motifs is 1. The van der Waals surface area contributed by atoms with Crippen LogP contribution in [0.1, 0.15) is 0 Å². The van der Waals surface area contributed by atoms with E-state index in [-0.39, 0.29) is 5.69 Å². The highest BCUT2D eigenvalue weighted by Gasteiger charge is 2.22. The van der Waals surface area contributed by atoms with E-state index in [2.05, 4.69) is 36.5 Å². The zero-order valence-electron chi connectivity index (χ0n) is 23.0. The molecule has 1 fully saturated rings. The number of rotatable bonds is 6. The highest BCUT2D eigenvalue weighted by atomic mass is 32.2. The molecule has 43 heavy (non-hydrogen) atoms. The number of aromatic amines is 1. The summed E-state index contributed by atoms with van der Waals surface area (Å²) in [5, 5.41) is 0.756. The number of aromatic nitrogens is 3. The summed E-state index contributed by atoms with van der Waals surface area (Å²) < 4.78 is 55.1. The summed E-state index contributed by atoms with van der Waals surface area (Å²) in [6, 6.07) is 14.6. The average Bonchev–Trinajstić information content (AvgIpc) is 2.98. The standard InChI is InChI=1S/C30H27F2N7O3S/c1-38-8-10-39(11-9-38)28-7-3-19(16-34-28)23-13-20-12-18(2-5-25(20)36-29(23)33)21-14-26(30(40)35-17-21)37-43(41,42)27-6-4-22(31)15-24(27)32/h2-7,12-17,37H,8-11H2,1H3,(H2,33,36)(H,35,40). The number of nitrogens with one attached hydrogen (secondary N) is 2. The number of piperazine rings is 1. The minimum Gasteiger partial charge on any atom is -0.383 e. The lowest BCUT2D eigenvalue weighted by atomic mass is 10.0. The highest BCUT2D eigenvalue weighted by Crippen LogP contribution is 2.32. The molecule has 0 atom stereocenters. The molecule has 220 valence electrons. The van der Waals surface area contributed by atoms with E-state index >= 15 is 0 Å². The maximum Gasteiger partial charge on any atom is 0.272 e. The number of likely N-dealkylation sites (N-methyl/N-ethyl adjacent to an activating group) is 1. The number of nitrogens with two attached hydrogens (primary N) is 1. The van der Waals surface area contributed by atoms with Gasteiger partial charge in [-0.3, -0.25) is 9.52 Å². The largest absolute Gasteiger partial charge is 0.383 e. The molecular formula is C30H27F2N7O3S. The van der Waals surface area contributed by atoms with Crippen molar-refractivity contribution in [3.8, 4) is 22.3 Å². The number of hydrogen-bond donors (Lipinski definition) is 3. The topological polar surface area (TPSA) is 137 Å². The van der Waals surface area contributed by atoms with Crippen LogP contribution in [0.2, 0.25) is 0 Å². The summed E-state index contributed by atoms with van der Waals surface area (Å²) in [5.74, 6) is -0.950. The Morgan fingerprint density at radius 3 is 2.42 bits per heavy atom. The fourth-order valence-electron chi connectivity index (χ4n) is 4.99. The number of benzene rings is 2. The number of H-pyrrole nitrogens is 1. The Morgan fingerprint density at radius 2 is 1.70 bits per heavy atom. The quantitative estimate of drug-likeness (QED) is 0.264. The highest BCUT2D eigenvalue weighted by molar-refractivity contribution is 7.92. The van der Waals surface area contributed by atoms with Crippen LogP contribution in [0.5, 0.6) is 0 Å². The van der Waals surface area contributed by atoms with Crippen molar-refractivity contribution in [1.29, 1.82) is 0 Å². The van der Waals surface area contributed by atoms with Gasteiger partial charge in [-0.2, -0.15) is 0 Å². The number of nitrogen functional groups attached to an aromatic ring is 1. The van der Waals surface area contributed by atoms with Gasteiger partial charge in [0.2, 0.25) is 0 Å². The Kier molecular flexibility index (Phi) is 7.28. The van der Waals surface area contributed by atoms with Crippen LogP contribution in [0.3, 0.4) is 0 Å². The van der Waals surface area contributed by atoms with Gasteiger partial charge in [0, 0.05) is 66.7 Å². The molecule has 0 unspecified atom stereocenters. The van der Waals surface area contributed by atoms with E-state index in [0.717, 1.165) is 55.1 Å². The summed E-state index contributed by atoms with van der Waals surface area (Å²) in [6.07, 6.45) is 3.22. The fraction of sp³-hybridized carbons (Fsp3) is 0.167. The van der Waals surface area contributed by atoms with Gasteiger partial charge in [-0.25, -0.2) is 27.2 Å². The first-order valence-corrected chi connectivity index (χ1v) is 14.9. The molecule has 2 aromatic carbocycles. The molecule has 5 aromatic rings. The summed E-state index contributed by atoms with van der Waals surface area (Å²) >= 11 is 0. The van der Waals surface area contributed by atoms with Crippen molar-refractivity contribution in [2.75, 3.05) is 48.6 Å². The van der Waals surface area contributed by atoms with E-state index in [1.165, 1.54) is 12.3 Å². The molecule has 10 nitrogen and oxygen atoms in total. The van der Waals surface area contributed by atoms with E-state index in [1.54, 1.807) is 18.3 Å². The monoisotopic (exact) mass is 603 g/mol. The first kappa shape index (κ1) is 28.2. The van der Waals surface area contributed by atoms with Crippen molar-refractivity contribution in [2.45, 2.75) is 4.90 Å². The number of pyridine rings is 3. The molecule has 1 saturated heterocycles. The van der Waals surface area contributed by atoms with E-state index in [1.807, 2.05) is 24.3 Å². The minimum absolute atomic E-state index is 0.330. The first-order valence-electron chi connectivity index (χ1n) is 13.4. The lowest BCUT2D eigenvalue weighted by Gasteiger charge is -2.33. The Bertz CT molecular complexity index is 2010. The van der Waals surface area contributed by atoms with Crippen LogP contribution >= 0.6 is 0 Å². The molecule has 0 bridgehead atoms. The minimum atomic E-state index is -4.52. The van der Waals surface area contributed by atoms with Gasteiger partial charge in [-0.15, -0.1) is 0 Å². The number of sulfonamides is 1. The molecule has 0 aliphatic carbocycles. The average molecular weight is 604 g/mol. The third kappa shape index (κ3) is 5.76. The Labute approximate surface area is 245 Å². The molecule has 4 N–H and O–H groups in total. The van der Waals surface area contributed by atoms with Gasteiger partial charge < -0.3 is 20.5 Å². The molecule has 0 saturated carbocycles. The Morgan fingerprint density at radius 1 is 0.930 bits per heavy atom.